The molecule has 5 rings (SSSR count). The highest BCUT2D eigenvalue weighted by atomic mass is 35.5. The van der Waals surface area contributed by atoms with Crippen molar-refractivity contribution < 1.29 is 33.1 Å². The lowest BCUT2D eigenvalue weighted by atomic mass is 9.97. The topological polar surface area (TPSA) is 140 Å². The fourth-order valence-electron chi connectivity index (χ4n) is 6.59. The molecule has 12 nitrogen and oxygen atoms in total. The van der Waals surface area contributed by atoms with Gasteiger partial charge in [-0.2, -0.15) is 0 Å². The number of hydrogen-bond donors (Lipinski definition) is 1. The lowest BCUT2D eigenvalue weighted by Crippen LogP contribution is -2.61. The van der Waals surface area contributed by atoms with E-state index in [4.69, 9.17) is 21.1 Å². The van der Waals surface area contributed by atoms with Gasteiger partial charge in [-0.05, 0) is 70.4 Å². The molecule has 2 aromatic heterocycles. The third kappa shape index (κ3) is 6.69. The molecule has 272 valence electrons. The lowest BCUT2D eigenvalue weighted by molar-refractivity contribution is -0.385. The third-order valence-corrected chi connectivity index (χ3v) is 9.12. The van der Waals surface area contributed by atoms with Gasteiger partial charge in [0, 0.05) is 36.3 Å². The van der Waals surface area contributed by atoms with Crippen molar-refractivity contribution >= 4 is 40.0 Å². The first kappa shape index (κ1) is 37.4. The summed E-state index contributed by atoms with van der Waals surface area (Å²) < 4.78 is 45.0. The van der Waals surface area contributed by atoms with E-state index in [0.29, 0.717) is 11.3 Å². The Hall–Kier alpha value is -4.82. The van der Waals surface area contributed by atoms with Gasteiger partial charge >= 0.3 is 17.3 Å². The van der Waals surface area contributed by atoms with Crippen molar-refractivity contribution in [3.8, 4) is 22.6 Å². The molecule has 0 aliphatic carbocycles. The minimum Gasteiger partial charge on any atom is -0.496 e. The number of piperazine rings is 1. The maximum Gasteiger partial charge on any atom is 0.410 e. The van der Waals surface area contributed by atoms with E-state index in [0.717, 1.165) is 10.6 Å². The van der Waals surface area contributed by atoms with Crippen molar-refractivity contribution in [2.45, 2.75) is 72.1 Å². The Morgan fingerprint density at radius 1 is 1.18 bits per heavy atom. The van der Waals surface area contributed by atoms with Gasteiger partial charge in [0.15, 0.2) is 5.82 Å². The maximum absolute atomic E-state index is 17.6. The summed E-state index contributed by atoms with van der Waals surface area (Å²) in [7, 11) is 1.28. The maximum atomic E-state index is 17.6. The number of carbonyl (C=O) groups excluding carboxylic acids is 1. The van der Waals surface area contributed by atoms with Gasteiger partial charge in [0.1, 0.15) is 22.9 Å². The Kier molecular flexibility index (Phi) is 10.3. The molecule has 4 aromatic rings. The molecule has 1 aliphatic rings. The van der Waals surface area contributed by atoms with Gasteiger partial charge in [0.2, 0.25) is 0 Å². The Morgan fingerprint density at radius 3 is 2.45 bits per heavy atom. The number of pyridine rings is 2. The highest BCUT2D eigenvalue weighted by Gasteiger charge is 2.42. The van der Waals surface area contributed by atoms with Gasteiger partial charge in [0.25, 0.3) is 0 Å². The second-order valence-corrected chi connectivity index (χ2v) is 14.2. The summed E-state index contributed by atoms with van der Waals surface area (Å²) in [4.78, 5) is 47.3. The molecule has 0 spiro atoms. The van der Waals surface area contributed by atoms with Crippen LogP contribution in [0.25, 0.3) is 27.7 Å². The van der Waals surface area contributed by atoms with Crippen molar-refractivity contribution in [1.29, 1.82) is 0 Å². The summed E-state index contributed by atoms with van der Waals surface area (Å²) in [6.45, 7) is 11.2. The number of aromatic nitrogens is 2. The van der Waals surface area contributed by atoms with Gasteiger partial charge < -0.3 is 24.4 Å². The van der Waals surface area contributed by atoms with Gasteiger partial charge in [-0.1, -0.05) is 31.5 Å². The van der Waals surface area contributed by atoms with E-state index in [1.165, 1.54) is 41.3 Å². The number of aliphatic hydroxyl groups excluding tert-OH is 1. The first-order chi connectivity index (χ1) is 23.9. The second kappa shape index (κ2) is 14.1. The van der Waals surface area contributed by atoms with E-state index in [2.05, 4.69) is 4.98 Å². The fourth-order valence-corrected chi connectivity index (χ4v) is 6.87. The zero-order chi connectivity index (χ0) is 37.7. The molecule has 1 N–H and O–H groups in total. The Bertz CT molecular complexity index is 2100. The zero-order valence-corrected chi connectivity index (χ0v) is 30.3. The van der Waals surface area contributed by atoms with Gasteiger partial charge in [-0.25, -0.2) is 13.6 Å². The molecule has 0 saturated carbocycles. The van der Waals surface area contributed by atoms with Crippen molar-refractivity contribution in [3.63, 3.8) is 0 Å². The highest BCUT2D eigenvalue weighted by molar-refractivity contribution is 6.34. The lowest BCUT2D eigenvalue weighted by Gasteiger charge is -2.45. The molecule has 3 heterocycles. The van der Waals surface area contributed by atoms with Gasteiger partial charge in [-0.15, -0.1) is 0 Å². The summed E-state index contributed by atoms with van der Waals surface area (Å²) in [6.07, 6.45) is 0.860. The number of methoxy groups -OCH3 is 1. The molecular formula is C36H40ClF2N5O7. The van der Waals surface area contributed by atoms with Gasteiger partial charge in [0.05, 0.1) is 52.2 Å². The molecule has 2 aromatic carbocycles. The molecule has 1 saturated heterocycles. The number of carbonyl (C=O) groups is 1. The monoisotopic (exact) mass is 727 g/mol. The van der Waals surface area contributed by atoms with Crippen molar-refractivity contribution in [2.24, 2.45) is 0 Å². The number of nitrogens with zero attached hydrogens (tertiary/aromatic N) is 5. The number of amides is 1. The van der Waals surface area contributed by atoms with E-state index in [-0.39, 0.29) is 52.1 Å². The number of ether oxygens (including phenoxy) is 2. The number of rotatable bonds is 7. The van der Waals surface area contributed by atoms with Crippen LogP contribution in [-0.4, -0.2) is 75.1 Å². The Balaban J connectivity index is 1.95. The number of fused-ring (bicyclic) bond motifs is 1. The SMILES string of the molecule is COc1cccc(F)c1-c1c(Cl)cc2c(N3C[C@@H](C)N(C(=O)OC(C)(C)C)C[C@@H]3CO)c([N+](=O)[O-])c(=O)n(-c3c(C)ccnc3C(C)C)c2c1F. The number of hydrogen-bond acceptors (Lipinski definition) is 9. The summed E-state index contributed by atoms with van der Waals surface area (Å²) in [6, 6.07) is 5.11. The van der Waals surface area contributed by atoms with Gasteiger partial charge in [-0.3, -0.25) is 24.5 Å². The molecule has 15 heteroatoms. The van der Waals surface area contributed by atoms with Crippen molar-refractivity contribution in [3.05, 3.63) is 84.9 Å². The normalized spacial score (nSPS) is 16.6. The van der Waals surface area contributed by atoms with E-state index in [9.17, 15) is 24.8 Å². The molecule has 0 bridgehead atoms. The minimum absolute atomic E-state index is 0.0426. The molecule has 1 aliphatic heterocycles. The van der Waals surface area contributed by atoms with Crippen molar-refractivity contribution in [1.82, 2.24) is 14.5 Å². The second-order valence-electron chi connectivity index (χ2n) is 13.8. The van der Waals surface area contributed by atoms with Crippen LogP contribution in [-0.2, 0) is 4.74 Å². The van der Waals surface area contributed by atoms with Crippen LogP contribution in [0.2, 0.25) is 5.02 Å². The first-order valence-corrected chi connectivity index (χ1v) is 16.7. The van der Waals surface area contributed by atoms with Crippen molar-refractivity contribution in [2.75, 3.05) is 31.7 Å². The number of benzene rings is 2. The molecular weight excluding hydrogens is 688 g/mol. The predicted molar refractivity (Wildman–Crippen MR) is 190 cm³/mol. The molecule has 51 heavy (non-hydrogen) atoms. The van der Waals surface area contributed by atoms with E-state index in [1.807, 2.05) is 13.8 Å². The molecule has 2 atom stereocenters. The van der Waals surface area contributed by atoms with Crippen LogP contribution < -0.4 is 15.2 Å². The summed E-state index contributed by atoms with van der Waals surface area (Å²) in [5.74, 6) is -2.37. The molecule has 0 unspecified atom stereocenters. The standard InChI is InChI=1S/C36H40ClF2N5O7/c1-18(2)29-30(19(3)12-13-40-29)43-31-22(14-23(37)26(28(31)39)27-24(38)10-9-11-25(27)50-8)32(33(34(43)46)44(48)49)42-15-20(4)41(16-21(42)17-45)35(47)51-36(5,6)7/h9-14,18,20-21,45H,15-17H2,1-8H3/t20-,21-/m1/s1. The first-order valence-electron chi connectivity index (χ1n) is 16.3. The quantitative estimate of drug-likeness (QED) is 0.155. The molecule has 1 amide bonds. The zero-order valence-electron chi connectivity index (χ0n) is 29.6. The van der Waals surface area contributed by atoms with Crippen LogP contribution in [0.3, 0.4) is 0 Å². The fraction of sp³-hybridized carbons (Fsp3) is 0.417. The van der Waals surface area contributed by atoms with E-state index >= 15 is 8.78 Å². The van der Waals surface area contributed by atoms with E-state index < -0.39 is 69.3 Å². The Labute approximate surface area is 298 Å². The highest BCUT2D eigenvalue weighted by Crippen LogP contribution is 2.46. The van der Waals surface area contributed by atoms with E-state index in [1.54, 1.807) is 40.7 Å². The van der Waals surface area contributed by atoms with Crippen LogP contribution >= 0.6 is 11.6 Å². The molecule has 1 fully saturated rings. The average Bonchev–Trinajstić information content (AvgIpc) is 3.04. The minimum atomic E-state index is -1.19. The summed E-state index contributed by atoms with van der Waals surface area (Å²) in [5.41, 5.74) is -3.48. The van der Waals surface area contributed by atoms with Crippen LogP contribution in [0.4, 0.5) is 25.0 Å². The summed E-state index contributed by atoms with van der Waals surface area (Å²) in [5, 5.41) is 23.2. The predicted octanol–water partition coefficient (Wildman–Crippen LogP) is 7.14. The number of nitro groups is 1. The molecule has 0 radical (unpaired) electrons. The van der Waals surface area contributed by atoms with Crippen LogP contribution in [0.1, 0.15) is 58.7 Å². The average molecular weight is 728 g/mol. The third-order valence-electron chi connectivity index (χ3n) is 8.82. The Morgan fingerprint density at radius 2 is 1.86 bits per heavy atom. The number of aryl methyl sites for hydroxylation is 1. The van der Waals surface area contributed by atoms with Crippen LogP contribution in [0, 0.1) is 28.7 Å². The number of aliphatic hydroxyl groups is 1. The number of anilines is 1. The largest absolute Gasteiger partial charge is 0.496 e. The van der Waals surface area contributed by atoms with Crippen LogP contribution in [0.5, 0.6) is 5.75 Å². The van der Waals surface area contributed by atoms with Crippen LogP contribution in [0.15, 0.2) is 41.3 Å². The summed E-state index contributed by atoms with van der Waals surface area (Å²) >= 11 is 6.79. The smallest absolute Gasteiger partial charge is 0.410 e. The number of halogens is 3.